The lowest BCUT2D eigenvalue weighted by Gasteiger charge is -2.04. The van der Waals surface area contributed by atoms with Crippen LogP contribution in [0.5, 0.6) is 0 Å². The summed E-state index contributed by atoms with van der Waals surface area (Å²) in [5.74, 6) is -1.34. The number of aliphatic hydroxyl groups is 1. The molecule has 0 heterocycles. The predicted molar refractivity (Wildman–Crippen MR) is 58.8 cm³/mol. The Balaban J connectivity index is 0.000000180. The Morgan fingerprint density at radius 3 is 1.39 bits per heavy atom. The van der Waals surface area contributed by atoms with Gasteiger partial charge in [0.25, 0.3) is 0 Å². The third-order valence-electron chi connectivity index (χ3n) is 2.26. The van der Waals surface area contributed by atoms with Gasteiger partial charge in [0.15, 0.2) is 5.78 Å². The summed E-state index contributed by atoms with van der Waals surface area (Å²) in [6.45, 7) is 0. The largest absolute Gasteiger partial charge is 0.512 e. The molecule has 96 valence electrons. The van der Waals surface area contributed by atoms with E-state index in [1.807, 2.05) is 0 Å². The van der Waals surface area contributed by atoms with E-state index < -0.39 is 0 Å². The molecule has 0 aromatic rings. The highest BCUT2D eigenvalue weighted by atomic mass is 16.3. The van der Waals surface area contributed by atoms with Gasteiger partial charge in [-0.25, -0.2) is 0 Å². The summed E-state index contributed by atoms with van der Waals surface area (Å²) in [5, 5.41) is 8.67. The number of allylic oxidation sites excluding steroid dienone is 2. The first-order chi connectivity index (χ1) is 8.36. The van der Waals surface area contributed by atoms with Crippen molar-refractivity contribution in [2.24, 2.45) is 0 Å². The van der Waals surface area contributed by atoms with E-state index in [1.165, 1.54) is 0 Å². The molecule has 2 aliphatic rings. The molecule has 0 atom stereocenters. The van der Waals surface area contributed by atoms with Gasteiger partial charge in [-0.15, -0.1) is 0 Å². The van der Waals surface area contributed by atoms with Gasteiger partial charge in [-0.2, -0.15) is 0 Å². The highest BCUT2D eigenvalue weighted by Gasteiger charge is 2.22. The minimum absolute atomic E-state index is 0.0196. The van der Waals surface area contributed by atoms with Crippen LogP contribution in [0.4, 0.5) is 0 Å². The van der Waals surface area contributed by atoms with Gasteiger partial charge >= 0.3 is 0 Å². The van der Waals surface area contributed by atoms with Gasteiger partial charge in [-0.3, -0.25) is 24.0 Å². The van der Waals surface area contributed by atoms with E-state index in [4.69, 9.17) is 5.11 Å². The SMILES string of the molecule is O=C1C=C(O)CC(=O)C1.O=C1CC(=O)CC(=O)C1. The summed E-state index contributed by atoms with van der Waals surface area (Å²) < 4.78 is 0. The van der Waals surface area contributed by atoms with Crippen molar-refractivity contribution in [3.05, 3.63) is 11.8 Å². The molecule has 0 aliphatic heterocycles. The van der Waals surface area contributed by atoms with Crippen LogP contribution in [-0.4, -0.2) is 34.0 Å². The monoisotopic (exact) mass is 252 g/mol. The summed E-state index contributed by atoms with van der Waals surface area (Å²) in [4.78, 5) is 52.2. The van der Waals surface area contributed by atoms with Crippen LogP contribution in [0.2, 0.25) is 0 Å². The maximum Gasteiger partial charge on any atom is 0.166 e. The molecule has 1 saturated carbocycles. The van der Waals surface area contributed by atoms with E-state index >= 15 is 0 Å². The Bertz CT molecular complexity index is 409. The first kappa shape index (κ1) is 14.0. The second kappa shape index (κ2) is 6.00. The highest BCUT2D eigenvalue weighted by molar-refractivity contribution is 6.18. The van der Waals surface area contributed by atoms with Crippen molar-refractivity contribution in [1.29, 1.82) is 0 Å². The molecular weight excluding hydrogens is 240 g/mol. The van der Waals surface area contributed by atoms with Crippen molar-refractivity contribution in [1.82, 2.24) is 0 Å². The maximum absolute atomic E-state index is 10.5. The fraction of sp³-hybridized carbons (Fsp3) is 0.417. The van der Waals surface area contributed by atoms with Gasteiger partial charge in [0, 0.05) is 6.08 Å². The zero-order valence-corrected chi connectivity index (χ0v) is 9.60. The number of ketones is 5. The summed E-state index contributed by atoms with van der Waals surface area (Å²) in [5.41, 5.74) is 0. The lowest BCUT2D eigenvalue weighted by Crippen LogP contribution is -2.21. The summed E-state index contributed by atoms with van der Waals surface area (Å²) in [6, 6.07) is 0. The Labute approximate surface area is 103 Å². The molecule has 0 aromatic carbocycles. The lowest BCUT2D eigenvalue weighted by molar-refractivity contribution is -0.136. The van der Waals surface area contributed by atoms with Gasteiger partial charge in [0.05, 0.1) is 32.1 Å². The second-order valence-electron chi connectivity index (χ2n) is 4.14. The number of carbonyl (C=O) groups excluding carboxylic acids is 5. The van der Waals surface area contributed by atoms with Crippen LogP contribution in [0.15, 0.2) is 11.8 Å². The van der Waals surface area contributed by atoms with Crippen LogP contribution < -0.4 is 0 Å². The third kappa shape index (κ3) is 4.82. The number of Topliss-reactive ketones (excluding diaryl/α,β-unsaturated/α-hetero) is 4. The van der Waals surface area contributed by atoms with E-state index in [0.29, 0.717) is 0 Å². The Morgan fingerprint density at radius 2 is 1.06 bits per heavy atom. The topological polar surface area (TPSA) is 106 Å². The fourth-order valence-corrected chi connectivity index (χ4v) is 1.59. The molecule has 18 heavy (non-hydrogen) atoms. The molecule has 0 aromatic heterocycles. The first-order valence-corrected chi connectivity index (χ1v) is 5.36. The average Bonchev–Trinajstić information content (AvgIpc) is 2.12. The summed E-state index contributed by atoms with van der Waals surface area (Å²) in [7, 11) is 0. The molecule has 0 spiro atoms. The summed E-state index contributed by atoms with van der Waals surface area (Å²) in [6.07, 6.45) is 0.959. The Hall–Kier alpha value is -2.11. The van der Waals surface area contributed by atoms with Gasteiger partial charge in [0.1, 0.15) is 28.9 Å². The van der Waals surface area contributed by atoms with Crippen molar-refractivity contribution < 1.29 is 29.1 Å². The standard InChI is InChI=1S/2C6H6O3/c2*7-4-1-5(8)3-6(9)2-4/h1-3H2;1,7H,2-3H2. The van der Waals surface area contributed by atoms with E-state index in [1.54, 1.807) is 0 Å². The lowest BCUT2D eigenvalue weighted by atomic mass is 9.97. The minimum Gasteiger partial charge on any atom is -0.512 e. The van der Waals surface area contributed by atoms with Crippen molar-refractivity contribution >= 4 is 28.9 Å². The number of aliphatic hydroxyl groups excluding tert-OH is 1. The maximum atomic E-state index is 10.5. The van der Waals surface area contributed by atoms with Gasteiger partial charge in [0.2, 0.25) is 0 Å². The minimum atomic E-state index is -0.302. The quantitative estimate of drug-likeness (QED) is 0.619. The van der Waals surface area contributed by atoms with Crippen molar-refractivity contribution in [3.8, 4) is 0 Å². The predicted octanol–water partition coefficient (Wildman–Crippen LogP) is 0.238. The number of rotatable bonds is 0. The molecule has 0 radical (unpaired) electrons. The molecule has 6 heteroatoms. The van der Waals surface area contributed by atoms with Gasteiger partial charge in [-0.1, -0.05) is 0 Å². The van der Waals surface area contributed by atoms with Crippen LogP contribution in [0, 0.1) is 0 Å². The normalized spacial score (nSPS) is 20.2. The zero-order valence-electron chi connectivity index (χ0n) is 9.60. The number of carbonyl (C=O) groups is 5. The molecule has 1 fully saturated rings. The first-order valence-electron chi connectivity index (χ1n) is 5.36. The molecule has 2 aliphatic carbocycles. The molecule has 0 unspecified atom stereocenters. The van der Waals surface area contributed by atoms with E-state index in [2.05, 4.69) is 0 Å². The smallest absolute Gasteiger partial charge is 0.166 e. The van der Waals surface area contributed by atoms with Crippen molar-refractivity contribution in [2.45, 2.75) is 32.1 Å². The van der Waals surface area contributed by atoms with E-state index in [9.17, 15) is 24.0 Å². The zero-order chi connectivity index (χ0) is 13.7. The van der Waals surface area contributed by atoms with Crippen LogP contribution in [0.3, 0.4) is 0 Å². The molecular formula is C12H12O6. The third-order valence-corrected chi connectivity index (χ3v) is 2.26. The van der Waals surface area contributed by atoms with Crippen LogP contribution in [0.25, 0.3) is 0 Å². The van der Waals surface area contributed by atoms with Crippen LogP contribution in [-0.2, 0) is 24.0 Å². The molecule has 6 nitrogen and oxygen atoms in total. The van der Waals surface area contributed by atoms with Gasteiger partial charge < -0.3 is 5.11 Å². The molecule has 0 saturated heterocycles. The fourth-order valence-electron chi connectivity index (χ4n) is 1.59. The van der Waals surface area contributed by atoms with Gasteiger partial charge in [-0.05, 0) is 0 Å². The Kier molecular flexibility index (Phi) is 4.65. The van der Waals surface area contributed by atoms with E-state index in [0.717, 1.165) is 6.08 Å². The Morgan fingerprint density at radius 1 is 0.667 bits per heavy atom. The number of hydrogen-bond acceptors (Lipinski definition) is 6. The molecule has 2 rings (SSSR count). The van der Waals surface area contributed by atoms with Crippen molar-refractivity contribution in [2.75, 3.05) is 0 Å². The average molecular weight is 252 g/mol. The summed E-state index contributed by atoms with van der Waals surface area (Å²) >= 11 is 0. The number of hydrogen-bond donors (Lipinski definition) is 1. The molecule has 0 amide bonds. The van der Waals surface area contributed by atoms with Crippen LogP contribution >= 0.6 is 0 Å². The molecule has 0 bridgehead atoms. The second-order valence-corrected chi connectivity index (χ2v) is 4.14. The highest BCUT2D eigenvalue weighted by Crippen LogP contribution is 2.08. The van der Waals surface area contributed by atoms with Crippen molar-refractivity contribution in [3.63, 3.8) is 0 Å². The van der Waals surface area contributed by atoms with E-state index in [-0.39, 0.29) is 66.8 Å². The van der Waals surface area contributed by atoms with Crippen LogP contribution in [0.1, 0.15) is 32.1 Å². The molecule has 1 N–H and O–H groups in total.